The lowest BCUT2D eigenvalue weighted by Crippen LogP contribution is -2.38. The van der Waals surface area contributed by atoms with E-state index < -0.39 is 0 Å². The first kappa shape index (κ1) is 16.3. The van der Waals surface area contributed by atoms with Gasteiger partial charge in [-0.1, -0.05) is 23.7 Å². The molecule has 2 N–H and O–H groups in total. The van der Waals surface area contributed by atoms with Crippen LogP contribution in [-0.2, 0) is 13.6 Å². The lowest BCUT2D eigenvalue weighted by molar-refractivity contribution is 0.672. The molecule has 1 aromatic carbocycles. The van der Waals surface area contributed by atoms with Crippen molar-refractivity contribution in [1.29, 1.82) is 0 Å². The van der Waals surface area contributed by atoms with Crippen LogP contribution in [0.15, 0.2) is 35.6 Å². The van der Waals surface area contributed by atoms with Crippen LogP contribution in [0.25, 0.3) is 0 Å². The van der Waals surface area contributed by atoms with Gasteiger partial charge >= 0.3 is 0 Å². The number of rotatable bonds is 5. The van der Waals surface area contributed by atoms with Crippen LogP contribution >= 0.6 is 11.6 Å². The molecule has 0 fully saturated rings. The average Bonchev–Trinajstić information content (AvgIpc) is 2.91. The van der Waals surface area contributed by atoms with Gasteiger partial charge in [-0.25, -0.2) is 9.98 Å². The minimum atomic E-state index is 0.120. The lowest BCUT2D eigenvalue weighted by Gasteiger charge is -2.18. The second-order valence-electron chi connectivity index (χ2n) is 4.91. The van der Waals surface area contributed by atoms with Crippen molar-refractivity contribution in [1.82, 2.24) is 25.4 Å². The number of hydrogen-bond donors (Lipinski definition) is 2. The largest absolute Gasteiger partial charge is 0.357 e. The Morgan fingerprint density at radius 3 is 2.68 bits per heavy atom. The summed E-state index contributed by atoms with van der Waals surface area (Å²) in [6.45, 7) is 5.38. The fraction of sp³-hybridized carbons (Fsp3) is 0.400. The summed E-state index contributed by atoms with van der Waals surface area (Å²) < 4.78 is 1.72. The number of halogens is 1. The highest BCUT2D eigenvalue weighted by Gasteiger charge is 2.08. The third-order valence-corrected chi connectivity index (χ3v) is 3.50. The van der Waals surface area contributed by atoms with Crippen LogP contribution in [0, 0.1) is 0 Å². The summed E-state index contributed by atoms with van der Waals surface area (Å²) in [4.78, 5) is 8.71. The molecule has 0 radical (unpaired) electrons. The number of guanidine groups is 1. The second kappa shape index (κ2) is 7.79. The van der Waals surface area contributed by atoms with E-state index >= 15 is 0 Å². The predicted octanol–water partition coefficient (Wildman–Crippen LogP) is 2.28. The Labute approximate surface area is 135 Å². The molecule has 1 atom stereocenters. The van der Waals surface area contributed by atoms with Crippen molar-refractivity contribution in [3.8, 4) is 0 Å². The van der Waals surface area contributed by atoms with Gasteiger partial charge < -0.3 is 10.6 Å². The first-order chi connectivity index (χ1) is 10.6. The van der Waals surface area contributed by atoms with Crippen molar-refractivity contribution in [3.63, 3.8) is 0 Å². The normalized spacial score (nSPS) is 13.0. The Hall–Kier alpha value is -2.08. The summed E-state index contributed by atoms with van der Waals surface area (Å²) in [6, 6.07) is 7.91. The molecule has 118 valence electrons. The summed E-state index contributed by atoms with van der Waals surface area (Å²) in [5, 5.41) is 11.4. The number of nitrogens with zero attached hydrogens (tertiary/aromatic N) is 4. The lowest BCUT2D eigenvalue weighted by atomic mass is 10.1. The van der Waals surface area contributed by atoms with E-state index in [0.717, 1.165) is 28.9 Å². The topological polar surface area (TPSA) is 67.1 Å². The van der Waals surface area contributed by atoms with Crippen molar-refractivity contribution in [2.75, 3.05) is 6.54 Å². The van der Waals surface area contributed by atoms with E-state index in [0.29, 0.717) is 6.54 Å². The van der Waals surface area contributed by atoms with Gasteiger partial charge in [0, 0.05) is 18.6 Å². The van der Waals surface area contributed by atoms with Gasteiger partial charge in [0.15, 0.2) is 5.96 Å². The predicted molar refractivity (Wildman–Crippen MR) is 88.8 cm³/mol. The highest BCUT2D eigenvalue weighted by atomic mass is 35.5. The molecule has 1 unspecified atom stereocenters. The molecule has 0 aliphatic heterocycles. The van der Waals surface area contributed by atoms with Gasteiger partial charge in [0.1, 0.15) is 18.7 Å². The number of nitrogens with one attached hydrogen (secondary N) is 2. The van der Waals surface area contributed by atoms with Gasteiger partial charge in [-0.3, -0.25) is 4.68 Å². The number of aryl methyl sites for hydroxylation is 1. The molecule has 1 aromatic heterocycles. The molecule has 0 aliphatic carbocycles. The van der Waals surface area contributed by atoms with Crippen molar-refractivity contribution >= 4 is 17.6 Å². The monoisotopic (exact) mass is 320 g/mol. The van der Waals surface area contributed by atoms with Crippen LogP contribution in [0.5, 0.6) is 0 Å². The zero-order valence-electron chi connectivity index (χ0n) is 13.0. The molecule has 2 rings (SSSR count). The average molecular weight is 321 g/mol. The second-order valence-corrected chi connectivity index (χ2v) is 5.35. The Balaban J connectivity index is 2.04. The van der Waals surface area contributed by atoms with Crippen LogP contribution in [0.2, 0.25) is 5.02 Å². The fourth-order valence-corrected chi connectivity index (χ4v) is 2.10. The van der Waals surface area contributed by atoms with Crippen molar-refractivity contribution in [3.05, 3.63) is 47.0 Å². The van der Waals surface area contributed by atoms with Crippen LogP contribution < -0.4 is 10.6 Å². The number of hydrogen-bond acceptors (Lipinski definition) is 3. The third kappa shape index (κ3) is 4.46. The van der Waals surface area contributed by atoms with Gasteiger partial charge in [-0.15, -0.1) is 0 Å². The van der Waals surface area contributed by atoms with E-state index in [9.17, 15) is 0 Å². The first-order valence-corrected chi connectivity index (χ1v) is 7.61. The van der Waals surface area contributed by atoms with E-state index in [-0.39, 0.29) is 6.04 Å². The van der Waals surface area contributed by atoms with Crippen LogP contribution in [-0.4, -0.2) is 27.3 Å². The molecule has 0 bridgehead atoms. The third-order valence-electron chi connectivity index (χ3n) is 3.25. The van der Waals surface area contributed by atoms with E-state index in [1.807, 2.05) is 38.2 Å². The highest BCUT2D eigenvalue weighted by molar-refractivity contribution is 6.30. The Kier molecular flexibility index (Phi) is 5.77. The van der Waals surface area contributed by atoms with Gasteiger partial charge in [0.25, 0.3) is 0 Å². The smallest absolute Gasteiger partial charge is 0.192 e. The molecule has 0 spiro atoms. The quantitative estimate of drug-likeness (QED) is 0.655. The zero-order chi connectivity index (χ0) is 15.9. The molecule has 6 nitrogen and oxygen atoms in total. The number of benzene rings is 1. The molecule has 22 heavy (non-hydrogen) atoms. The maximum absolute atomic E-state index is 5.92. The fourth-order valence-electron chi connectivity index (χ4n) is 1.97. The summed E-state index contributed by atoms with van der Waals surface area (Å²) in [7, 11) is 1.86. The first-order valence-electron chi connectivity index (χ1n) is 7.23. The summed E-state index contributed by atoms with van der Waals surface area (Å²) >= 11 is 5.92. The Morgan fingerprint density at radius 2 is 2.09 bits per heavy atom. The van der Waals surface area contributed by atoms with E-state index in [1.54, 1.807) is 4.68 Å². The highest BCUT2D eigenvalue weighted by Crippen LogP contribution is 2.15. The Bertz CT molecular complexity index is 619. The van der Waals surface area contributed by atoms with Crippen molar-refractivity contribution < 1.29 is 0 Å². The van der Waals surface area contributed by atoms with E-state index in [1.165, 1.54) is 6.33 Å². The minimum absolute atomic E-state index is 0.120. The molecular formula is C15H21ClN6. The molecule has 2 aromatic rings. The maximum atomic E-state index is 5.92. The minimum Gasteiger partial charge on any atom is -0.357 e. The number of aromatic nitrogens is 3. The van der Waals surface area contributed by atoms with Crippen LogP contribution in [0.4, 0.5) is 0 Å². The van der Waals surface area contributed by atoms with Gasteiger partial charge in [0.2, 0.25) is 0 Å². The summed E-state index contributed by atoms with van der Waals surface area (Å²) in [5.41, 5.74) is 1.15. The maximum Gasteiger partial charge on any atom is 0.192 e. The summed E-state index contributed by atoms with van der Waals surface area (Å²) in [6.07, 6.45) is 1.53. The van der Waals surface area contributed by atoms with Crippen molar-refractivity contribution in [2.24, 2.45) is 12.0 Å². The molecule has 1 heterocycles. The van der Waals surface area contributed by atoms with Gasteiger partial charge in [-0.05, 0) is 31.5 Å². The molecular weight excluding hydrogens is 300 g/mol. The molecule has 0 aliphatic rings. The van der Waals surface area contributed by atoms with Gasteiger partial charge in [0.05, 0.1) is 6.04 Å². The summed E-state index contributed by atoms with van der Waals surface area (Å²) in [5.74, 6) is 1.56. The van der Waals surface area contributed by atoms with Gasteiger partial charge in [-0.2, -0.15) is 5.10 Å². The van der Waals surface area contributed by atoms with E-state index in [2.05, 4.69) is 32.6 Å². The van der Waals surface area contributed by atoms with Crippen molar-refractivity contribution in [2.45, 2.75) is 26.4 Å². The Morgan fingerprint density at radius 1 is 1.36 bits per heavy atom. The molecule has 0 saturated carbocycles. The van der Waals surface area contributed by atoms with E-state index in [4.69, 9.17) is 11.6 Å². The molecule has 7 heteroatoms. The van der Waals surface area contributed by atoms with Crippen LogP contribution in [0.1, 0.15) is 31.3 Å². The van der Waals surface area contributed by atoms with Crippen LogP contribution in [0.3, 0.4) is 0 Å². The SMILES string of the molecule is CCNC(=NCc1ncnn1C)NC(C)c1ccc(Cl)cc1. The zero-order valence-corrected chi connectivity index (χ0v) is 13.8. The molecule has 0 amide bonds. The molecule has 0 saturated heterocycles. The number of aliphatic imine (C=N–C) groups is 1. The standard InChI is InChI=1S/C15H21ClN6/c1-4-17-15(18-9-14-19-10-20-22(14)3)21-11(2)12-5-7-13(16)8-6-12/h5-8,10-11H,4,9H2,1-3H3,(H2,17,18,21).